The minimum atomic E-state index is -0.0603. The number of carbonyl (C=O) groups is 1. The van der Waals surface area contributed by atoms with E-state index in [1.165, 1.54) is 0 Å². The van der Waals surface area contributed by atoms with E-state index in [2.05, 4.69) is 24.1 Å². The molecule has 1 fully saturated rings. The SMILES string of the molecule is CCC(CC)[C@H](CNC(=O)c1ccc2c(c1)OCCCO2)N1CCOCC1. The van der Waals surface area contributed by atoms with Crippen LogP contribution in [-0.4, -0.2) is 62.9 Å². The molecule has 150 valence electrons. The first-order chi connectivity index (χ1) is 13.2. The van der Waals surface area contributed by atoms with Gasteiger partial charge >= 0.3 is 0 Å². The van der Waals surface area contributed by atoms with Gasteiger partial charge in [-0.2, -0.15) is 0 Å². The maximum atomic E-state index is 12.8. The number of hydrogen-bond donors (Lipinski definition) is 1. The highest BCUT2D eigenvalue weighted by Gasteiger charge is 2.27. The second-order valence-electron chi connectivity index (χ2n) is 7.21. The van der Waals surface area contributed by atoms with Gasteiger partial charge in [-0.15, -0.1) is 0 Å². The van der Waals surface area contributed by atoms with Gasteiger partial charge in [0.2, 0.25) is 0 Å². The summed E-state index contributed by atoms with van der Waals surface area (Å²) >= 11 is 0. The van der Waals surface area contributed by atoms with Gasteiger partial charge in [0.15, 0.2) is 11.5 Å². The number of hydrogen-bond acceptors (Lipinski definition) is 5. The number of carbonyl (C=O) groups excluding carboxylic acids is 1. The highest BCUT2D eigenvalue weighted by Crippen LogP contribution is 2.30. The van der Waals surface area contributed by atoms with Crippen LogP contribution in [0.25, 0.3) is 0 Å². The van der Waals surface area contributed by atoms with Gasteiger partial charge in [-0.3, -0.25) is 9.69 Å². The molecule has 1 N–H and O–H groups in total. The van der Waals surface area contributed by atoms with E-state index in [0.29, 0.717) is 48.8 Å². The van der Waals surface area contributed by atoms with Crippen LogP contribution in [-0.2, 0) is 4.74 Å². The van der Waals surface area contributed by atoms with Crippen LogP contribution in [0.15, 0.2) is 18.2 Å². The molecule has 0 aliphatic carbocycles. The lowest BCUT2D eigenvalue weighted by molar-refractivity contribution is 0.00191. The molecule has 0 saturated carbocycles. The fourth-order valence-electron chi connectivity index (χ4n) is 3.94. The maximum Gasteiger partial charge on any atom is 0.251 e. The van der Waals surface area contributed by atoms with Crippen LogP contribution in [0.1, 0.15) is 43.5 Å². The Morgan fingerprint density at radius 1 is 1.07 bits per heavy atom. The predicted molar refractivity (Wildman–Crippen MR) is 105 cm³/mol. The number of benzene rings is 1. The molecule has 0 aromatic heterocycles. The van der Waals surface area contributed by atoms with Crippen LogP contribution in [0.2, 0.25) is 0 Å². The van der Waals surface area contributed by atoms with Gasteiger partial charge in [-0.1, -0.05) is 26.7 Å². The number of nitrogens with zero attached hydrogens (tertiary/aromatic N) is 1. The zero-order valence-corrected chi connectivity index (χ0v) is 16.5. The summed E-state index contributed by atoms with van der Waals surface area (Å²) in [6.45, 7) is 9.78. The smallest absolute Gasteiger partial charge is 0.251 e. The second-order valence-corrected chi connectivity index (χ2v) is 7.21. The molecular formula is C21H32N2O4. The molecule has 1 aromatic rings. The Balaban J connectivity index is 1.65. The van der Waals surface area contributed by atoms with Gasteiger partial charge in [-0.25, -0.2) is 0 Å². The van der Waals surface area contributed by atoms with Gasteiger partial charge in [0, 0.05) is 37.7 Å². The molecule has 0 radical (unpaired) electrons. The average molecular weight is 376 g/mol. The van der Waals surface area contributed by atoms with Crippen molar-refractivity contribution in [3.8, 4) is 11.5 Å². The quantitative estimate of drug-likeness (QED) is 0.793. The topological polar surface area (TPSA) is 60.0 Å². The van der Waals surface area contributed by atoms with E-state index in [9.17, 15) is 4.79 Å². The highest BCUT2D eigenvalue weighted by atomic mass is 16.5. The summed E-state index contributed by atoms with van der Waals surface area (Å²) in [7, 11) is 0. The molecule has 2 heterocycles. The molecule has 0 bridgehead atoms. The number of ether oxygens (including phenoxy) is 3. The molecule has 1 aromatic carbocycles. The van der Waals surface area contributed by atoms with Crippen molar-refractivity contribution in [2.45, 2.75) is 39.2 Å². The van der Waals surface area contributed by atoms with Gasteiger partial charge in [-0.05, 0) is 24.1 Å². The molecule has 2 aliphatic rings. The van der Waals surface area contributed by atoms with Crippen LogP contribution < -0.4 is 14.8 Å². The van der Waals surface area contributed by atoms with E-state index in [0.717, 1.165) is 45.6 Å². The van der Waals surface area contributed by atoms with Gasteiger partial charge in [0.25, 0.3) is 5.91 Å². The summed E-state index contributed by atoms with van der Waals surface area (Å²) in [5, 5.41) is 3.15. The minimum absolute atomic E-state index is 0.0603. The van der Waals surface area contributed by atoms with Crippen molar-refractivity contribution in [1.82, 2.24) is 10.2 Å². The molecule has 1 amide bonds. The molecule has 6 heteroatoms. The molecule has 0 spiro atoms. The van der Waals surface area contributed by atoms with Crippen molar-refractivity contribution in [3.63, 3.8) is 0 Å². The fourth-order valence-corrected chi connectivity index (χ4v) is 3.94. The summed E-state index contributed by atoms with van der Waals surface area (Å²) in [5.41, 5.74) is 0.615. The lowest BCUT2D eigenvalue weighted by atomic mass is 9.92. The van der Waals surface area contributed by atoms with Crippen LogP contribution >= 0.6 is 0 Å². The van der Waals surface area contributed by atoms with Crippen molar-refractivity contribution < 1.29 is 19.0 Å². The van der Waals surface area contributed by atoms with Crippen LogP contribution in [0.3, 0.4) is 0 Å². The molecule has 1 atom stereocenters. The van der Waals surface area contributed by atoms with Gasteiger partial charge in [0.05, 0.1) is 26.4 Å². The zero-order valence-electron chi connectivity index (χ0n) is 16.5. The summed E-state index contributed by atoms with van der Waals surface area (Å²) in [6, 6.07) is 5.77. The van der Waals surface area contributed by atoms with Crippen molar-refractivity contribution in [2.24, 2.45) is 5.92 Å². The molecular weight excluding hydrogens is 344 g/mol. The fraction of sp³-hybridized carbons (Fsp3) is 0.667. The molecule has 1 saturated heterocycles. The van der Waals surface area contributed by atoms with Crippen molar-refractivity contribution in [2.75, 3.05) is 46.1 Å². The Morgan fingerprint density at radius 2 is 1.78 bits per heavy atom. The summed E-state index contributed by atoms with van der Waals surface area (Å²) in [5.74, 6) is 1.87. The third-order valence-electron chi connectivity index (χ3n) is 5.59. The van der Waals surface area contributed by atoms with Crippen molar-refractivity contribution in [1.29, 1.82) is 0 Å². The second kappa shape index (κ2) is 9.95. The largest absolute Gasteiger partial charge is 0.490 e. The van der Waals surface area contributed by atoms with E-state index in [1.54, 1.807) is 6.07 Å². The Hall–Kier alpha value is -1.79. The Kier molecular flexibility index (Phi) is 7.35. The van der Waals surface area contributed by atoms with Gasteiger partial charge in [0.1, 0.15) is 0 Å². The predicted octanol–water partition coefficient (Wildman–Crippen LogP) is 2.71. The molecule has 2 aliphatic heterocycles. The molecule has 3 rings (SSSR count). The first-order valence-corrected chi connectivity index (χ1v) is 10.2. The number of morpholine rings is 1. The normalized spacial score (nSPS) is 18.8. The molecule has 0 unspecified atom stereocenters. The van der Waals surface area contributed by atoms with Crippen LogP contribution in [0.4, 0.5) is 0 Å². The third-order valence-corrected chi connectivity index (χ3v) is 5.59. The summed E-state index contributed by atoms with van der Waals surface area (Å²) in [6.07, 6.45) is 3.07. The summed E-state index contributed by atoms with van der Waals surface area (Å²) in [4.78, 5) is 15.2. The zero-order chi connectivity index (χ0) is 19.1. The van der Waals surface area contributed by atoms with E-state index >= 15 is 0 Å². The average Bonchev–Trinajstić information content (AvgIpc) is 2.96. The minimum Gasteiger partial charge on any atom is -0.490 e. The molecule has 27 heavy (non-hydrogen) atoms. The highest BCUT2D eigenvalue weighted by molar-refractivity contribution is 5.94. The summed E-state index contributed by atoms with van der Waals surface area (Å²) < 4.78 is 16.9. The number of rotatable bonds is 7. The Bertz CT molecular complexity index is 612. The lowest BCUT2D eigenvalue weighted by Crippen LogP contribution is -2.52. The van der Waals surface area contributed by atoms with Crippen LogP contribution in [0, 0.1) is 5.92 Å². The first-order valence-electron chi connectivity index (χ1n) is 10.2. The number of fused-ring (bicyclic) bond motifs is 1. The third kappa shape index (κ3) is 5.14. The van der Waals surface area contributed by atoms with Crippen molar-refractivity contribution in [3.05, 3.63) is 23.8 Å². The first kappa shape index (κ1) is 20.0. The van der Waals surface area contributed by atoms with Crippen molar-refractivity contribution >= 4 is 5.91 Å². The van der Waals surface area contributed by atoms with E-state index in [-0.39, 0.29) is 5.91 Å². The van der Waals surface area contributed by atoms with E-state index in [1.807, 2.05) is 12.1 Å². The monoisotopic (exact) mass is 376 g/mol. The molecule has 6 nitrogen and oxygen atoms in total. The van der Waals surface area contributed by atoms with E-state index in [4.69, 9.17) is 14.2 Å². The Morgan fingerprint density at radius 3 is 2.48 bits per heavy atom. The van der Waals surface area contributed by atoms with Crippen LogP contribution in [0.5, 0.6) is 11.5 Å². The standard InChI is InChI=1S/C21H32N2O4/c1-3-16(4-2)18(23-8-12-25-13-9-23)15-22-21(24)17-6-7-19-20(14-17)27-11-5-10-26-19/h6-7,14,16,18H,3-5,8-13,15H2,1-2H3,(H,22,24)/t18-/m0/s1. The lowest BCUT2D eigenvalue weighted by Gasteiger charge is -2.38. The Labute approximate surface area is 162 Å². The van der Waals surface area contributed by atoms with Gasteiger partial charge < -0.3 is 19.5 Å². The number of nitrogens with one attached hydrogen (secondary N) is 1. The number of amides is 1. The maximum absolute atomic E-state index is 12.8. The van der Waals surface area contributed by atoms with E-state index < -0.39 is 0 Å².